The fraction of sp³-hybridized carbons (Fsp3) is 0.207. The van der Waals surface area contributed by atoms with Crippen LogP contribution in [0.1, 0.15) is 30.5 Å². The van der Waals surface area contributed by atoms with E-state index in [9.17, 15) is 9.59 Å². The molecule has 0 unspecified atom stereocenters. The molecule has 190 valence electrons. The number of hydrogen-bond donors (Lipinski definition) is 1. The minimum atomic E-state index is -0.257. The van der Waals surface area contributed by atoms with Crippen LogP contribution in [0.25, 0.3) is 6.08 Å². The number of benzene rings is 3. The van der Waals surface area contributed by atoms with E-state index in [1.807, 2.05) is 75.4 Å². The second kappa shape index (κ2) is 12.1. The molecule has 0 aliphatic carbocycles. The van der Waals surface area contributed by atoms with Crippen LogP contribution in [-0.2, 0) is 16.0 Å². The lowest BCUT2D eigenvalue weighted by molar-refractivity contribution is -0.118. The maximum absolute atomic E-state index is 13.2. The van der Waals surface area contributed by atoms with Crippen LogP contribution in [0, 0.1) is 6.92 Å². The van der Waals surface area contributed by atoms with Crippen molar-refractivity contribution in [2.24, 2.45) is 0 Å². The lowest BCUT2D eigenvalue weighted by Crippen LogP contribution is -2.28. The summed E-state index contributed by atoms with van der Waals surface area (Å²) in [6, 6.07) is 20.7. The predicted octanol–water partition coefficient (Wildman–Crippen LogP) is 6.38. The van der Waals surface area contributed by atoms with Crippen molar-refractivity contribution in [1.29, 1.82) is 0 Å². The van der Waals surface area contributed by atoms with E-state index in [4.69, 9.17) is 21.7 Å². The van der Waals surface area contributed by atoms with E-state index in [2.05, 4.69) is 5.32 Å². The summed E-state index contributed by atoms with van der Waals surface area (Å²) in [5.41, 5.74) is 4.36. The molecule has 0 radical (unpaired) electrons. The monoisotopic (exact) mass is 532 g/mol. The zero-order valence-corrected chi connectivity index (χ0v) is 22.6. The number of ether oxygens (including phenoxy) is 2. The lowest BCUT2D eigenvalue weighted by atomic mass is 10.1. The standard InChI is InChI=1S/C29H28N2O4S2/c1-4-21-11-7-8-12-22(21)30-27(32)18-35-24-15-14-20(16-25(24)34-5-2)17-26-28(33)31(29(36)37-26)23-13-9-6-10-19(23)3/h6-17H,4-5,18H2,1-3H3,(H,30,32)/b26-17-. The zero-order chi connectivity index (χ0) is 26.4. The maximum Gasteiger partial charge on any atom is 0.270 e. The molecule has 0 saturated carbocycles. The Kier molecular flexibility index (Phi) is 8.63. The van der Waals surface area contributed by atoms with Crippen LogP contribution in [0.3, 0.4) is 0 Å². The smallest absolute Gasteiger partial charge is 0.270 e. The second-order valence-corrected chi connectivity index (χ2v) is 9.97. The first-order chi connectivity index (χ1) is 17.9. The Labute approximate surface area is 226 Å². The molecule has 0 atom stereocenters. The van der Waals surface area contributed by atoms with Gasteiger partial charge in [0.2, 0.25) is 0 Å². The first-order valence-corrected chi connectivity index (χ1v) is 13.2. The summed E-state index contributed by atoms with van der Waals surface area (Å²) in [4.78, 5) is 27.8. The van der Waals surface area contributed by atoms with E-state index >= 15 is 0 Å². The third-order valence-electron chi connectivity index (χ3n) is 5.75. The van der Waals surface area contributed by atoms with Gasteiger partial charge in [0, 0.05) is 5.69 Å². The van der Waals surface area contributed by atoms with Crippen LogP contribution in [0.4, 0.5) is 11.4 Å². The Bertz CT molecular complexity index is 1370. The van der Waals surface area contributed by atoms with Crippen molar-refractivity contribution in [2.45, 2.75) is 27.2 Å². The summed E-state index contributed by atoms with van der Waals surface area (Å²) >= 11 is 6.77. The molecule has 1 heterocycles. The molecular weight excluding hydrogens is 504 g/mol. The Balaban J connectivity index is 1.48. The van der Waals surface area contributed by atoms with Crippen LogP contribution in [0.2, 0.25) is 0 Å². The highest BCUT2D eigenvalue weighted by Crippen LogP contribution is 2.38. The molecule has 2 amide bonds. The molecule has 4 rings (SSSR count). The van der Waals surface area contributed by atoms with Crippen LogP contribution < -0.4 is 19.7 Å². The molecule has 37 heavy (non-hydrogen) atoms. The van der Waals surface area contributed by atoms with Gasteiger partial charge in [-0.1, -0.05) is 73.4 Å². The van der Waals surface area contributed by atoms with Gasteiger partial charge in [-0.3, -0.25) is 14.5 Å². The molecule has 1 aliphatic rings. The molecule has 1 N–H and O–H groups in total. The Morgan fingerprint density at radius 2 is 1.78 bits per heavy atom. The summed E-state index contributed by atoms with van der Waals surface area (Å²) in [5, 5.41) is 2.90. The van der Waals surface area contributed by atoms with Gasteiger partial charge in [0.15, 0.2) is 22.4 Å². The fourth-order valence-corrected chi connectivity index (χ4v) is 5.21. The van der Waals surface area contributed by atoms with Crippen molar-refractivity contribution in [3.8, 4) is 11.5 Å². The summed E-state index contributed by atoms with van der Waals surface area (Å²) in [6.07, 6.45) is 2.61. The highest BCUT2D eigenvalue weighted by molar-refractivity contribution is 8.27. The van der Waals surface area contributed by atoms with E-state index in [0.29, 0.717) is 27.3 Å². The minimum Gasteiger partial charge on any atom is -0.490 e. The number of hydrogen-bond acceptors (Lipinski definition) is 6. The molecule has 3 aromatic carbocycles. The fourth-order valence-electron chi connectivity index (χ4n) is 3.92. The molecule has 0 bridgehead atoms. The molecular formula is C29H28N2O4S2. The minimum absolute atomic E-state index is 0.160. The van der Waals surface area contributed by atoms with E-state index in [1.54, 1.807) is 23.1 Å². The van der Waals surface area contributed by atoms with Crippen molar-refractivity contribution >= 4 is 57.6 Å². The average Bonchev–Trinajstić information content (AvgIpc) is 3.16. The number of aryl methyl sites for hydroxylation is 2. The van der Waals surface area contributed by atoms with Crippen LogP contribution in [-0.4, -0.2) is 29.3 Å². The average molecular weight is 533 g/mol. The summed E-state index contributed by atoms with van der Waals surface area (Å²) in [7, 11) is 0. The normalized spacial score (nSPS) is 14.2. The molecule has 1 saturated heterocycles. The molecule has 1 fully saturated rings. The van der Waals surface area contributed by atoms with Crippen molar-refractivity contribution in [3.05, 3.63) is 88.3 Å². The molecule has 3 aromatic rings. The zero-order valence-electron chi connectivity index (χ0n) is 20.9. The van der Waals surface area contributed by atoms with Crippen molar-refractivity contribution in [1.82, 2.24) is 0 Å². The van der Waals surface area contributed by atoms with Crippen molar-refractivity contribution in [2.75, 3.05) is 23.4 Å². The van der Waals surface area contributed by atoms with Crippen LogP contribution in [0.5, 0.6) is 11.5 Å². The summed E-state index contributed by atoms with van der Waals surface area (Å²) < 4.78 is 12.1. The van der Waals surface area contributed by atoms with Gasteiger partial charge in [-0.2, -0.15) is 0 Å². The number of carbonyl (C=O) groups is 2. The van der Waals surface area contributed by atoms with Gasteiger partial charge in [0.05, 0.1) is 17.2 Å². The third-order valence-corrected chi connectivity index (χ3v) is 7.05. The molecule has 8 heteroatoms. The Hall–Kier alpha value is -3.62. The van der Waals surface area contributed by atoms with Crippen LogP contribution in [0.15, 0.2) is 71.6 Å². The molecule has 6 nitrogen and oxygen atoms in total. The van der Waals surface area contributed by atoms with E-state index in [0.717, 1.165) is 34.5 Å². The topological polar surface area (TPSA) is 67.9 Å². The van der Waals surface area contributed by atoms with Gasteiger partial charge in [-0.15, -0.1) is 0 Å². The van der Waals surface area contributed by atoms with Gasteiger partial charge in [-0.25, -0.2) is 0 Å². The number of carbonyl (C=O) groups excluding carboxylic acids is 2. The predicted molar refractivity (Wildman–Crippen MR) is 154 cm³/mol. The van der Waals surface area contributed by atoms with Gasteiger partial charge in [0.1, 0.15) is 0 Å². The Morgan fingerprint density at radius 1 is 1.03 bits per heavy atom. The van der Waals surface area contributed by atoms with Gasteiger partial charge in [0.25, 0.3) is 11.8 Å². The number of rotatable bonds is 9. The number of thioether (sulfide) groups is 1. The summed E-state index contributed by atoms with van der Waals surface area (Å²) in [6.45, 7) is 6.13. The highest BCUT2D eigenvalue weighted by Gasteiger charge is 2.34. The van der Waals surface area contributed by atoms with Crippen molar-refractivity contribution in [3.63, 3.8) is 0 Å². The molecule has 0 spiro atoms. The lowest BCUT2D eigenvalue weighted by Gasteiger charge is -2.16. The summed E-state index contributed by atoms with van der Waals surface area (Å²) in [5.74, 6) is 0.525. The number of anilines is 2. The number of nitrogens with zero attached hydrogens (tertiary/aromatic N) is 1. The SMILES string of the molecule is CCOc1cc(/C=C2\SC(=S)N(c3ccccc3C)C2=O)ccc1OCC(=O)Nc1ccccc1CC. The van der Waals surface area contributed by atoms with E-state index in [1.165, 1.54) is 11.8 Å². The molecule has 1 aliphatic heterocycles. The van der Waals surface area contributed by atoms with E-state index in [-0.39, 0.29) is 18.4 Å². The van der Waals surface area contributed by atoms with Crippen LogP contribution >= 0.6 is 24.0 Å². The van der Waals surface area contributed by atoms with E-state index < -0.39 is 0 Å². The first-order valence-electron chi connectivity index (χ1n) is 12.0. The quantitative estimate of drug-likeness (QED) is 0.255. The number of amides is 2. The number of para-hydroxylation sites is 2. The second-order valence-electron chi connectivity index (χ2n) is 8.29. The Morgan fingerprint density at radius 3 is 2.54 bits per heavy atom. The third kappa shape index (κ3) is 6.21. The largest absolute Gasteiger partial charge is 0.490 e. The van der Waals surface area contributed by atoms with Gasteiger partial charge >= 0.3 is 0 Å². The first kappa shape index (κ1) is 26.4. The number of thiocarbonyl (C=S) groups is 1. The van der Waals surface area contributed by atoms with Crippen molar-refractivity contribution < 1.29 is 19.1 Å². The molecule has 0 aromatic heterocycles. The van der Waals surface area contributed by atoms with Gasteiger partial charge < -0.3 is 14.8 Å². The number of nitrogens with one attached hydrogen (secondary N) is 1. The maximum atomic E-state index is 13.2. The van der Waals surface area contributed by atoms with Gasteiger partial charge in [-0.05, 0) is 67.3 Å². The highest BCUT2D eigenvalue weighted by atomic mass is 32.2.